The summed E-state index contributed by atoms with van der Waals surface area (Å²) in [6.07, 6.45) is -0.776. The Bertz CT molecular complexity index is 792. The number of urea groups is 1. The molecule has 0 unspecified atom stereocenters. The Labute approximate surface area is 163 Å². The van der Waals surface area contributed by atoms with Gasteiger partial charge in [0.25, 0.3) is 0 Å². The normalized spacial score (nSPS) is 9.96. The number of ether oxygens (including phenoxy) is 4. The van der Waals surface area contributed by atoms with Gasteiger partial charge in [-0.15, -0.1) is 0 Å². The average Bonchev–Trinajstić information content (AvgIpc) is 2.66. The van der Waals surface area contributed by atoms with Crippen LogP contribution < -0.4 is 24.8 Å². The first kappa shape index (κ1) is 20.9. The van der Waals surface area contributed by atoms with Crippen molar-refractivity contribution in [3.63, 3.8) is 0 Å². The van der Waals surface area contributed by atoms with Gasteiger partial charge in [0.05, 0.1) is 19.8 Å². The van der Waals surface area contributed by atoms with E-state index in [1.807, 2.05) is 13.8 Å². The predicted octanol–water partition coefficient (Wildman–Crippen LogP) is 4.66. The zero-order chi connectivity index (χ0) is 20.4. The topological polar surface area (TPSA) is 95.1 Å². The first-order valence-electron chi connectivity index (χ1n) is 8.98. The molecule has 0 fully saturated rings. The SMILES string of the molecule is CCOC(=O)Oc1ccc(NC(=O)Nc2ccc(OCC)c(OCC)c2)cc1. The van der Waals surface area contributed by atoms with Crippen molar-refractivity contribution in [2.45, 2.75) is 20.8 Å². The van der Waals surface area contributed by atoms with E-state index >= 15 is 0 Å². The van der Waals surface area contributed by atoms with Gasteiger partial charge in [0.2, 0.25) is 0 Å². The molecular formula is C20H24N2O6. The molecular weight excluding hydrogens is 364 g/mol. The van der Waals surface area contributed by atoms with Gasteiger partial charge in [-0.1, -0.05) is 0 Å². The molecule has 2 aromatic rings. The second-order valence-electron chi connectivity index (χ2n) is 5.42. The van der Waals surface area contributed by atoms with Crippen molar-refractivity contribution in [3.8, 4) is 17.2 Å². The molecule has 0 aromatic heterocycles. The molecule has 150 valence electrons. The lowest BCUT2D eigenvalue weighted by molar-refractivity contribution is 0.104. The summed E-state index contributed by atoms with van der Waals surface area (Å²) in [5.74, 6) is 1.49. The summed E-state index contributed by atoms with van der Waals surface area (Å²) in [5.41, 5.74) is 1.09. The van der Waals surface area contributed by atoms with E-state index in [2.05, 4.69) is 10.6 Å². The third-order valence-electron chi connectivity index (χ3n) is 3.38. The fourth-order valence-corrected chi connectivity index (χ4v) is 2.27. The quantitative estimate of drug-likeness (QED) is 0.504. The zero-order valence-electron chi connectivity index (χ0n) is 16.1. The van der Waals surface area contributed by atoms with Crippen LogP contribution in [0.5, 0.6) is 17.2 Å². The number of rotatable bonds is 8. The van der Waals surface area contributed by atoms with Gasteiger partial charge in [-0.3, -0.25) is 0 Å². The number of hydrogen-bond acceptors (Lipinski definition) is 6. The number of amides is 2. The molecule has 2 aromatic carbocycles. The standard InChI is InChI=1S/C20H24N2O6/c1-4-25-17-12-9-15(13-18(17)26-5-2)22-19(23)21-14-7-10-16(11-8-14)28-20(24)27-6-3/h7-13H,4-6H2,1-3H3,(H2,21,22,23). The van der Waals surface area contributed by atoms with Crippen molar-refractivity contribution in [3.05, 3.63) is 42.5 Å². The molecule has 0 aliphatic carbocycles. The van der Waals surface area contributed by atoms with Gasteiger partial charge in [-0.05, 0) is 57.2 Å². The fraction of sp³-hybridized carbons (Fsp3) is 0.300. The lowest BCUT2D eigenvalue weighted by Gasteiger charge is -2.13. The van der Waals surface area contributed by atoms with Gasteiger partial charge in [0, 0.05) is 17.4 Å². The van der Waals surface area contributed by atoms with Crippen LogP contribution in [0.1, 0.15) is 20.8 Å². The molecule has 28 heavy (non-hydrogen) atoms. The maximum Gasteiger partial charge on any atom is 0.513 e. The van der Waals surface area contributed by atoms with E-state index in [1.54, 1.807) is 49.4 Å². The Morgan fingerprint density at radius 1 is 0.786 bits per heavy atom. The van der Waals surface area contributed by atoms with Gasteiger partial charge < -0.3 is 29.6 Å². The van der Waals surface area contributed by atoms with Crippen molar-refractivity contribution in [1.82, 2.24) is 0 Å². The number of carbonyl (C=O) groups excluding carboxylic acids is 2. The molecule has 2 amide bonds. The molecule has 0 heterocycles. The maximum absolute atomic E-state index is 12.2. The summed E-state index contributed by atoms with van der Waals surface area (Å²) in [6.45, 7) is 6.68. The van der Waals surface area contributed by atoms with E-state index in [9.17, 15) is 9.59 Å². The Kier molecular flexibility index (Phi) is 7.95. The molecule has 2 N–H and O–H groups in total. The number of hydrogen-bond donors (Lipinski definition) is 2. The van der Waals surface area contributed by atoms with Crippen LogP contribution in [0.4, 0.5) is 21.0 Å². The minimum absolute atomic E-state index is 0.231. The highest BCUT2D eigenvalue weighted by molar-refractivity contribution is 6.00. The van der Waals surface area contributed by atoms with E-state index in [-0.39, 0.29) is 6.61 Å². The van der Waals surface area contributed by atoms with E-state index in [1.165, 1.54) is 0 Å². The monoisotopic (exact) mass is 388 g/mol. The van der Waals surface area contributed by atoms with Crippen LogP contribution in [0.15, 0.2) is 42.5 Å². The Hall–Kier alpha value is -3.42. The molecule has 0 saturated carbocycles. The number of carbonyl (C=O) groups is 2. The summed E-state index contributed by atoms with van der Waals surface area (Å²) in [5, 5.41) is 5.42. The molecule has 0 bridgehead atoms. The summed E-state index contributed by atoms with van der Waals surface area (Å²) < 4.78 is 20.7. The van der Waals surface area contributed by atoms with Crippen LogP contribution in [0, 0.1) is 0 Å². The highest BCUT2D eigenvalue weighted by atomic mass is 16.7. The van der Waals surface area contributed by atoms with Gasteiger partial charge in [0.1, 0.15) is 5.75 Å². The fourth-order valence-electron chi connectivity index (χ4n) is 2.27. The third-order valence-corrected chi connectivity index (χ3v) is 3.38. The predicted molar refractivity (Wildman–Crippen MR) is 106 cm³/mol. The number of nitrogens with one attached hydrogen (secondary N) is 2. The van der Waals surface area contributed by atoms with Crippen LogP contribution in [0.2, 0.25) is 0 Å². The van der Waals surface area contributed by atoms with Gasteiger partial charge >= 0.3 is 12.2 Å². The Balaban J connectivity index is 1.96. The largest absolute Gasteiger partial charge is 0.513 e. The first-order chi connectivity index (χ1) is 13.5. The van der Waals surface area contributed by atoms with Crippen LogP contribution in [0.25, 0.3) is 0 Å². The molecule has 0 aliphatic rings. The molecule has 0 aliphatic heterocycles. The summed E-state index contributed by atoms with van der Waals surface area (Å²) >= 11 is 0. The van der Waals surface area contributed by atoms with Crippen molar-refractivity contribution in [2.24, 2.45) is 0 Å². The molecule has 2 rings (SSSR count). The number of benzene rings is 2. The van der Waals surface area contributed by atoms with Crippen molar-refractivity contribution < 1.29 is 28.5 Å². The van der Waals surface area contributed by atoms with Gasteiger partial charge in [0.15, 0.2) is 11.5 Å². The lowest BCUT2D eigenvalue weighted by atomic mass is 10.2. The van der Waals surface area contributed by atoms with Crippen LogP contribution >= 0.6 is 0 Å². The molecule has 0 saturated heterocycles. The highest BCUT2D eigenvalue weighted by Crippen LogP contribution is 2.30. The molecule has 0 radical (unpaired) electrons. The summed E-state index contributed by atoms with van der Waals surface area (Å²) in [4.78, 5) is 23.5. The third kappa shape index (κ3) is 6.39. The summed E-state index contributed by atoms with van der Waals surface area (Å²) in [6, 6.07) is 11.1. The van der Waals surface area contributed by atoms with Crippen LogP contribution in [0.3, 0.4) is 0 Å². The molecule has 8 nitrogen and oxygen atoms in total. The van der Waals surface area contributed by atoms with E-state index in [0.29, 0.717) is 41.8 Å². The first-order valence-corrected chi connectivity index (χ1v) is 8.98. The number of anilines is 2. The highest BCUT2D eigenvalue weighted by Gasteiger charge is 2.09. The smallest absolute Gasteiger partial charge is 0.490 e. The van der Waals surface area contributed by atoms with Gasteiger partial charge in [-0.2, -0.15) is 0 Å². The molecule has 8 heteroatoms. The summed E-state index contributed by atoms with van der Waals surface area (Å²) in [7, 11) is 0. The minimum atomic E-state index is -0.776. The molecule has 0 spiro atoms. The van der Waals surface area contributed by atoms with Crippen LogP contribution in [-0.4, -0.2) is 32.0 Å². The van der Waals surface area contributed by atoms with Gasteiger partial charge in [-0.25, -0.2) is 9.59 Å². The van der Waals surface area contributed by atoms with Crippen molar-refractivity contribution in [1.29, 1.82) is 0 Å². The molecule has 0 atom stereocenters. The zero-order valence-corrected chi connectivity index (χ0v) is 16.1. The Morgan fingerprint density at radius 3 is 2.04 bits per heavy atom. The maximum atomic E-state index is 12.2. The second kappa shape index (κ2) is 10.7. The Morgan fingerprint density at radius 2 is 1.39 bits per heavy atom. The van der Waals surface area contributed by atoms with E-state index < -0.39 is 12.2 Å². The van der Waals surface area contributed by atoms with Crippen molar-refractivity contribution >= 4 is 23.6 Å². The second-order valence-corrected chi connectivity index (χ2v) is 5.42. The lowest BCUT2D eigenvalue weighted by Crippen LogP contribution is -2.19. The minimum Gasteiger partial charge on any atom is -0.490 e. The van der Waals surface area contributed by atoms with E-state index in [0.717, 1.165) is 0 Å². The van der Waals surface area contributed by atoms with Crippen LogP contribution in [-0.2, 0) is 4.74 Å². The van der Waals surface area contributed by atoms with Crippen molar-refractivity contribution in [2.75, 3.05) is 30.5 Å². The van der Waals surface area contributed by atoms with E-state index in [4.69, 9.17) is 18.9 Å². The average molecular weight is 388 g/mol.